The van der Waals surface area contributed by atoms with E-state index in [1.807, 2.05) is 26.0 Å². The van der Waals surface area contributed by atoms with Crippen LogP contribution in [0.5, 0.6) is 5.75 Å². The van der Waals surface area contributed by atoms with E-state index < -0.39 is 0 Å². The van der Waals surface area contributed by atoms with Crippen LogP contribution in [0, 0.1) is 13.8 Å². The summed E-state index contributed by atoms with van der Waals surface area (Å²) < 4.78 is 5.73. The van der Waals surface area contributed by atoms with Crippen LogP contribution in [-0.2, 0) is 0 Å². The Morgan fingerprint density at radius 2 is 2.00 bits per heavy atom. The van der Waals surface area contributed by atoms with Crippen molar-refractivity contribution in [2.45, 2.75) is 38.8 Å². The monoisotopic (exact) mass is 318 g/mol. The maximum atomic E-state index is 11.6. The Morgan fingerprint density at radius 1 is 1.23 bits per heavy atom. The Balaban J connectivity index is 1.88. The fourth-order valence-electron chi connectivity index (χ4n) is 1.92. The van der Waals surface area contributed by atoms with Gasteiger partial charge in [-0.15, -0.1) is 0 Å². The summed E-state index contributed by atoms with van der Waals surface area (Å²) in [6, 6.07) is 7.63. The summed E-state index contributed by atoms with van der Waals surface area (Å²) in [6.07, 6.45) is 0. The molecule has 0 amide bonds. The minimum atomic E-state index is -0.101. The van der Waals surface area contributed by atoms with Crippen LogP contribution in [0.15, 0.2) is 34.2 Å². The molecule has 0 atom stereocenters. The molecule has 0 aliphatic heterocycles. The van der Waals surface area contributed by atoms with E-state index in [-0.39, 0.29) is 11.5 Å². The molecule has 0 saturated carbocycles. The van der Waals surface area contributed by atoms with E-state index in [9.17, 15) is 4.79 Å². The number of nitrogens with zero attached hydrogens (tertiary/aromatic N) is 1. The average Bonchev–Trinajstić information content (AvgIpc) is 2.46. The van der Waals surface area contributed by atoms with Gasteiger partial charge in [0.05, 0.1) is 12.3 Å². The highest BCUT2D eigenvalue weighted by Gasteiger charge is 2.06. The van der Waals surface area contributed by atoms with Crippen molar-refractivity contribution in [1.29, 1.82) is 0 Å². The van der Waals surface area contributed by atoms with Crippen LogP contribution in [0.4, 0.5) is 0 Å². The summed E-state index contributed by atoms with van der Waals surface area (Å²) in [7, 11) is 0. The number of H-pyrrole nitrogens is 1. The van der Waals surface area contributed by atoms with Gasteiger partial charge in [0.25, 0.3) is 5.56 Å². The van der Waals surface area contributed by atoms with Gasteiger partial charge in [-0.1, -0.05) is 31.7 Å². The van der Waals surface area contributed by atoms with Crippen LogP contribution in [0.1, 0.15) is 36.6 Å². The zero-order valence-corrected chi connectivity index (χ0v) is 14.3. The molecular formula is C17H22N2O2S. The molecule has 0 saturated heterocycles. The van der Waals surface area contributed by atoms with E-state index >= 15 is 0 Å². The molecule has 1 aromatic carbocycles. The standard InChI is InChI=1S/C17H22N2O2S/c1-11(2)15-10-16(20)19-17(18-15)22-8-7-21-14-6-5-12(3)13(4)9-14/h5-6,9-11H,7-8H2,1-4H3,(H,18,19,20). The second-order valence-corrected chi connectivity index (χ2v) is 6.66. The third kappa shape index (κ3) is 4.63. The lowest BCUT2D eigenvalue weighted by molar-refractivity contribution is 0.343. The normalized spacial score (nSPS) is 11.0. The largest absolute Gasteiger partial charge is 0.493 e. The topological polar surface area (TPSA) is 55.0 Å². The summed E-state index contributed by atoms with van der Waals surface area (Å²) in [4.78, 5) is 18.8. The first-order valence-corrected chi connectivity index (χ1v) is 8.38. The van der Waals surface area contributed by atoms with Crippen LogP contribution < -0.4 is 10.3 Å². The number of hydrogen-bond acceptors (Lipinski definition) is 4. The molecule has 0 aliphatic rings. The molecule has 4 nitrogen and oxygen atoms in total. The third-order valence-corrected chi connectivity index (χ3v) is 4.24. The zero-order valence-electron chi connectivity index (χ0n) is 13.5. The summed E-state index contributed by atoms with van der Waals surface area (Å²) in [5, 5.41) is 0.653. The lowest BCUT2D eigenvalue weighted by Gasteiger charge is -2.09. The fraction of sp³-hybridized carbons (Fsp3) is 0.412. The van der Waals surface area contributed by atoms with Gasteiger partial charge in [-0.3, -0.25) is 4.79 Å². The fourth-order valence-corrected chi connectivity index (χ4v) is 2.62. The van der Waals surface area contributed by atoms with Gasteiger partial charge < -0.3 is 9.72 Å². The molecule has 0 fully saturated rings. The molecule has 0 bridgehead atoms. The van der Waals surface area contributed by atoms with E-state index in [4.69, 9.17) is 4.74 Å². The molecule has 2 aromatic rings. The van der Waals surface area contributed by atoms with E-state index in [0.717, 1.165) is 17.2 Å². The molecule has 2 rings (SSSR count). The number of benzene rings is 1. The molecule has 0 unspecified atom stereocenters. The SMILES string of the molecule is Cc1ccc(OCCSc2nc(C(C)C)cc(=O)[nH]2)cc1C. The number of thioether (sulfide) groups is 1. The summed E-state index contributed by atoms with van der Waals surface area (Å²) in [6.45, 7) is 8.78. The minimum absolute atomic E-state index is 0.101. The highest BCUT2D eigenvalue weighted by Crippen LogP contribution is 2.18. The van der Waals surface area contributed by atoms with Crippen molar-refractivity contribution >= 4 is 11.8 Å². The number of rotatable bonds is 6. The maximum absolute atomic E-state index is 11.6. The van der Waals surface area contributed by atoms with E-state index in [0.29, 0.717) is 11.8 Å². The maximum Gasteiger partial charge on any atom is 0.251 e. The Bertz CT molecular complexity index is 695. The van der Waals surface area contributed by atoms with E-state index in [1.54, 1.807) is 6.07 Å². The molecule has 5 heteroatoms. The second-order valence-electron chi connectivity index (χ2n) is 5.57. The predicted octanol–water partition coefficient (Wildman–Crippen LogP) is 3.68. The number of hydrogen-bond donors (Lipinski definition) is 1. The quantitative estimate of drug-likeness (QED) is 0.501. The highest BCUT2D eigenvalue weighted by atomic mass is 32.2. The molecule has 0 radical (unpaired) electrons. The van der Waals surface area contributed by atoms with Crippen molar-refractivity contribution in [2.24, 2.45) is 0 Å². The Labute approximate surface area is 135 Å². The van der Waals surface area contributed by atoms with Gasteiger partial charge in [0.15, 0.2) is 5.16 Å². The Morgan fingerprint density at radius 3 is 2.68 bits per heavy atom. The van der Waals surface area contributed by atoms with E-state index in [1.165, 1.54) is 22.9 Å². The van der Waals surface area contributed by atoms with Crippen LogP contribution >= 0.6 is 11.8 Å². The first kappa shape index (κ1) is 16.6. The average molecular weight is 318 g/mol. The predicted molar refractivity (Wildman–Crippen MR) is 91.1 cm³/mol. The van der Waals surface area contributed by atoms with Crippen molar-refractivity contribution in [3.8, 4) is 5.75 Å². The lowest BCUT2D eigenvalue weighted by Crippen LogP contribution is -2.11. The number of nitrogens with one attached hydrogen (secondary N) is 1. The smallest absolute Gasteiger partial charge is 0.251 e. The van der Waals surface area contributed by atoms with Crippen LogP contribution in [0.25, 0.3) is 0 Å². The van der Waals surface area contributed by atoms with Gasteiger partial charge in [-0.2, -0.15) is 0 Å². The number of aryl methyl sites for hydroxylation is 2. The summed E-state index contributed by atoms with van der Waals surface area (Å²) >= 11 is 1.50. The van der Waals surface area contributed by atoms with Crippen molar-refractivity contribution in [2.75, 3.05) is 12.4 Å². The van der Waals surface area contributed by atoms with Gasteiger partial charge in [0, 0.05) is 11.8 Å². The van der Waals surface area contributed by atoms with Gasteiger partial charge in [-0.25, -0.2) is 4.98 Å². The first-order valence-electron chi connectivity index (χ1n) is 7.40. The molecule has 0 spiro atoms. The molecule has 1 heterocycles. The van der Waals surface area contributed by atoms with Crippen molar-refractivity contribution in [3.05, 3.63) is 51.4 Å². The zero-order chi connectivity index (χ0) is 16.1. The van der Waals surface area contributed by atoms with Crippen molar-refractivity contribution in [3.63, 3.8) is 0 Å². The molecule has 1 N–H and O–H groups in total. The van der Waals surface area contributed by atoms with Crippen LogP contribution in [-0.4, -0.2) is 22.3 Å². The molecule has 0 aliphatic carbocycles. The number of aromatic amines is 1. The second kappa shape index (κ2) is 7.49. The summed E-state index contributed by atoms with van der Waals surface area (Å²) in [5.74, 6) is 1.85. The molecule has 22 heavy (non-hydrogen) atoms. The minimum Gasteiger partial charge on any atom is -0.493 e. The molecular weight excluding hydrogens is 296 g/mol. The Kier molecular flexibility index (Phi) is 5.66. The van der Waals surface area contributed by atoms with Gasteiger partial charge in [-0.05, 0) is 43.0 Å². The Hall–Kier alpha value is -1.75. The van der Waals surface area contributed by atoms with Gasteiger partial charge >= 0.3 is 0 Å². The van der Waals surface area contributed by atoms with Crippen LogP contribution in [0.2, 0.25) is 0 Å². The van der Waals surface area contributed by atoms with Gasteiger partial charge in [0.2, 0.25) is 0 Å². The number of aromatic nitrogens is 2. The first-order chi connectivity index (χ1) is 10.5. The highest BCUT2D eigenvalue weighted by molar-refractivity contribution is 7.99. The van der Waals surface area contributed by atoms with E-state index in [2.05, 4.69) is 29.9 Å². The third-order valence-electron chi connectivity index (χ3n) is 3.40. The van der Waals surface area contributed by atoms with Crippen molar-refractivity contribution in [1.82, 2.24) is 9.97 Å². The van der Waals surface area contributed by atoms with Gasteiger partial charge in [0.1, 0.15) is 5.75 Å². The van der Waals surface area contributed by atoms with Crippen molar-refractivity contribution < 1.29 is 4.74 Å². The number of ether oxygens (including phenoxy) is 1. The molecule has 1 aromatic heterocycles. The molecule has 118 valence electrons. The van der Waals surface area contributed by atoms with Crippen LogP contribution in [0.3, 0.4) is 0 Å². The summed E-state index contributed by atoms with van der Waals surface area (Å²) in [5.41, 5.74) is 3.20. The lowest BCUT2D eigenvalue weighted by atomic mass is 10.1.